The van der Waals surface area contributed by atoms with Crippen LogP contribution in [0.3, 0.4) is 0 Å². The molecule has 0 aliphatic carbocycles. The van der Waals surface area contributed by atoms with Gasteiger partial charge in [0, 0.05) is 18.5 Å². The predicted octanol–water partition coefficient (Wildman–Crippen LogP) is 1.51. The van der Waals surface area contributed by atoms with Gasteiger partial charge in [0.1, 0.15) is 0 Å². The number of nitrogens with zero attached hydrogens (tertiary/aromatic N) is 3. The van der Waals surface area contributed by atoms with E-state index in [1.165, 1.54) is 10.9 Å². The van der Waals surface area contributed by atoms with Crippen molar-refractivity contribution in [3.63, 3.8) is 0 Å². The van der Waals surface area contributed by atoms with Crippen LogP contribution >= 0.6 is 0 Å². The van der Waals surface area contributed by atoms with Crippen LogP contribution in [-0.2, 0) is 9.47 Å². The average molecular weight is 304 g/mol. The first-order valence-corrected chi connectivity index (χ1v) is 6.77. The Hall–Kier alpha value is -2.90. The van der Waals surface area contributed by atoms with Gasteiger partial charge in [-0.2, -0.15) is 4.79 Å². The number of anilines is 1. The summed E-state index contributed by atoms with van der Waals surface area (Å²) in [4.78, 5) is 28.8. The third kappa shape index (κ3) is 3.60. The second-order valence-electron chi connectivity index (χ2n) is 4.12. The standard InChI is InChI=1S/C14H16N4O4/c1-3-21-13(19)11-9-12(14(20)22-4-2)18(17-11)16-10-5-7-15-8-6-10/h5-9H,3-4H2,1-2H3,(H,15,16). The van der Waals surface area contributed by atoms with Crippen molar-refractivity contribution in [2.24, 2.45) is 0 Å². The fraction of sp³-hybridized carbons (Fsp3) is 0.286. The minimum atomic E-state index is -0.608. The Kier molecular flexibility index (Phi) is 5.07. The molecule has 2 aromatic heterocycles. The molecule has 2 rings (SSSR count). The van der Waals surface area contributed by atoms with Gasteiger partial charge in [0.05, 0.1) is 18.9 Å². The highest BCUT2D eigenvalue weighted by atomic mass is 16.5. The number of carbonyl (C=O) groups is 2. The molecule has 0 saturated carbocycles. The molecule has 0 amide bonds. The summed E-state index contributed by atoms with van der Waals surface area (Å²) in [6.07, 6.45) is 3.17. The van der Waals surface area contributed by atoms with E-state index in [-0.39, 0.29) is 24.6 Å². The van der Waals surface area contributed by atoms with E-state index in [9.17, 15) is 9.59 Å². The highest BCUT2D eigenvalue weighted by Gasteiger charge is 2.21. The van der Waals surface area contributed by atoms with E-state index in [4.69, 9.17) is 9.47 Å². The van der Waals surface area contributed by atoms with E-state index in [1.54, 1.807) is 38.4 Å². The topological polar surface area (TPSA) is 95.3 Å². The van der Waals surface area contributed by atoms with E-state index in [2.05, 4.69) is 15.5 Å². The molecule has 8 heteroatoms. The molecule has 116 valence electrons. The lowest BCUT2D eigenvalue weighted by Crippen LogP contribution is -2.19. The SMILES string of the molecule is CCOC(=O)c1cc(C(=O)OCC)n(Nc2ccncc2)n1. The molecule has 0 bridgehead atoms. The molecule has 2 heterocycles. The fourth-order valence-corrected chi connectivity index (χ4v) is 1.67. The van der Waals surface area contributed by atoms with Gasteiger partial charge in [-0.05, 0) is 26.0 Å². The Balaban J connectivity index is 2.32. The van der Waals surface area contributed by atoms with Crippen molar-refractivity contribution >= 4 is 17.6 Å². The van der Waals surface area contributed by atoms with Crippen LogP contribution in [0.25, 0.3) is 0 Å². The number of nitrogens with one attached hydrogen (secondary N) is 1. The molecule has 0 fully saturated rings. The van der Waals surface area contributed by atoms with Gasteiger partial charge in [0.2, 0.25) is 0 Å². The summed E-state index contributed by atoms with van der Waals surface area (Å²) in [5.41, 5.74) is 3.66. The number of hydrogen-bond acceptors (Lipinski definition) is 7. The number of ether oxygens (including phenoxy) is 2. The molecule has 0 aromatic carbocycles. The van der Waals surface area contributed by atoms with E-state index in [0.29, 0.717) is 5.69 Å². The third-order valence-electron chi connectivity index (χ3n) is 2.59. The number of pyridine rings is 1. The van der Waals surface area contributed by atoms with Crippen molar-refractivity contribution < 1.29 is 19.1 Å². The van der Waals surface area contributed by atoms with Crippen LogP contribution in [0.1, 0.15) is 34.8 Å². The lowest BCUT2D eigenvalue weighted by Gasteiger charge is -2.09. The maximum Gasteiger partial charge on any atom is 0.358 e. The quantitative estimate of drug-likeness (QED) is 0.808. The van der Waals surface area contributed by atoms with Crippen LogP contribution in [0.2, 0.25) is 0 Å². The second-order valence-corrected chi connectivity index (χ2v) is 4.12. The van der Waals surface area contributed by atoms with Gasteiger partial charge in [-0.3, -0.25) is 10.4 Å². The molecule has 8 nitrogen and oxygen atoms in total. The molecule has 0 spiro atoms. The predicted molar refractivity (Wildman–Crippen MR) is 77.4 cm³/mol. The Morgan fingerprint density at radius 3 is 2.41 bits per heavy atom. The van der Waals surface area contributed by atoms with Gasteiger partial charge >= 0.3 is 11.9 Å². The Labute approximate surface area is 127 Å². The molecular formula is C14H16N4O4. The first-order chi connectivity index (χ1) is 10.7. The van der Waals surface area contributed by atoms with E-state index in [1.807, 2.05) is 0 Å². The number of carbonyl (C=O) groups excluding carboxylic acids is 2. The van der Waals surface area contributed by atoms with E-state index >= 15 is 0 Å². The Morgan fingerprint density at radius 1 is 1.14 bits per heavy atom. The molecule has 0 aliphatic rings. The molecule has 2 aromatic rings. The summed E-state index contributed by atoms with van der Waals surface area (Å²) in [5, 5.41) is 4.04. The van der Waals surface area contributed by atoms with Crippen LogP contribution in [0.4, 0.5) is 5.69 Å². The van der Waals surface area contributed by atoms with Gasteiger partial charge in [-0.25, -0.2) is 9.59 Å². The molecule has 0 radical (unpaired) electrons. The van der Waals surface area contributed by atoms with Gasteiger partial charge < -0.3 is 9.47 Å². The van der Waals surface area contributed by atoms with E-state index in [0.717, 1.165) is 0 Å². The zero-order valence-corrected chi connectivity index (χ0v) is 12.3. The maximum atomic E-state index is 12.0. The Morgan fingerprint density at radius 2 is 1.77 bits per heavy atom. The molecule has 0 atom stereocenters. The number of esters is 2. The molecular weight excluding hydrogens is 288 g/mol. The summed E-state index contributed by atoms with van der Waals surface area (Å²) >= 11 is 0. The molecule has 1 N–H and O–H groups in total. The largest absolute Gasteiger partial charge is 0.461 e. The first kappa shape index (κ1) is 15.5. The number of rotatable bonds is 6. The smallest absolute Gasteiger partial charge is 0.358 e. The Bertz CT molecular complexity index is 654. The van der Waals surface area contributed by atoms with Crippen LogP contribution in [0, 0.1) is 0 Å². The highest BCUT2D eigenvalue weighted by Crippen LogP contribution is 2.11. The molecule has 0 saturated heterocycles. The van der Waals surface area contributed by atoms with Gasteiger partial charge in [0.25, 0.3) is 0 Å². The summed E-state index contributed by atoms with van der Waals surface area (Å²) < 4.78 is 9.84. The minimum absolute atomic E-state index is 0.0199. The first-order valence-electron chi connectivity index (χ1n) is 6.77. The van der Waals surface area contributed by atoms with Crippen molar-refractivity contribution in [3.8, 4) is 0 Å². The third-order valence-corrected chi connectivity index (χ3v) is 2.59. The summed E-state index contributed by atoms with van der Waals surface area (Å²) in [6.45, 7) is 3.82. The lowest BCUT2D eigenvalue weighted by atomic mass is 10.3. The summed E-state index contributed by atoms with van der Waals surface area (Å²) in [6, 6.07) is 4.71. The normalized spacial score (nSPS) is 10.1. The number of hydrogen-bond donors (Lipinski definition) is 1. The van der Waals surface area contributed by atoms with Crippen molar-refractivity contribution in [2.45, 2.75) is 13.8 Å². The van der Waals surface area contributed by atoms with Gasteiger partial charge in [-0.1, -0.05) is 0 Å². The van der Waals surface area contributed by atoms with Crippen molar-refractivity contribution in [1.29, 1.82) is 0 Å². The highest BCUT2D eigenvalue weighted by molar-refractivity contribution is 5.93. The fourth-order valence-electron chi connectivity index (χ4n) is 1.67. The minimum Gasteiger partial charge on any atom is -0.461 e. The lowest BCUT2D eigenvalue weighted by molar-refractivity contribution is 0.0508. The number of aromatic nitrogens is 3. The van der Waals surface area contributed by atoms with Gasteiger partial charge in [-0.15, -0.1) is 5.10 Å². The monoisotopic (exact) mass is 304 g/mol. The van der Waals surface area contributed by atoms with Crippen molar-refractivity contribution in [1.82, 2.24) is 14.9 Å². The molecule has 0 aliphatic heterocycles. The van der Waals surface area contributed by atoms with Crippen LogP contribution in [-0.4, -0.2) is 40.0 Å². The zero-order valence-electron chi connectivity index (χ0n) is 12.3. The van der Waals surface area contributed by atoms with Crippen LogP contribution in [0.15, 0.2) is 30.6 Å². The van der Waals surface area contributed by atoms with E-state index < -0.39 is 11.9 Å². The van der Waals surface area contributed by atoms with Crippen molar-refractivity contribution in [3.05, 3.63) is 42.0 Å². The van der Waals surface area contributed by atoms with Crippen LogP contribution < -0.4 is 5.43 Å². The zero-order chi connectivity index (χ0) is 15.9. The second kappa shape index (κ2) is 7.21. The van der Waals surface area contributed by atoms with Gasteiger partial charge in [0.15, 0.2) is 11.4 Å². The molecule has 22 heavy (non-hydrogen) atoms. The molecule has 0 unspecified atom stereocenters. The average Bonchev–Trinajstić information content (AvgIpc) is 2.93. The summed E-state index contributed by atoms with van der Waals surface area (Å²) in [5.74, 6) is -1.20. The van der Waals surface area contributed by atoms with Crippen LogP contribution in [0.5, 0.6) is 0 Å². The maximum absolute atomic E-state index is 12.0. The summed E-state index contributed by atoms with van der Waals surface area (Å²) in [7, 11) is 0. The van der Waals surface area contributed by atoms with Crippen molar-refractivity contribution in [2.75, 3.05) is 18.6 Å².